The smallest absolute Gasteiger partial charge is 0.311 e. The van der Waals surface area contributed by atoms with Crippen LogP contribution in [0.25, 0.3) is 0 Å². The average molecular weight is 340 g/mol. The van der Waals surface area contributed by atoms with Gasteiger partial charge in [-0.3, -0.25) is 4.79 Å². The van der Waals surface area contributed by atoms with Crippen LogP contribution in [0.4, 0.5) is 0 Å². The maximum absolute atomic E-state index is 12.1. The zero-order valence-corrected chi connectivity index (χ0v) is 15.2. The van der Waals surface area contributed by atoms with Crippen LogP contribution in [-0.4, -0.2) is 12.6 Å². The molecule has 3 heteroatoms. The average Bonchev–Trinajstić information content (AvgIpc) is 2.63. The van der Waals surface area contributed by atoms with Gasteiger partial charge in [-0.1, -0.05) is 63.4 Å². The maximum Gasteiger partial charge on any atom is 0.311 e. The molecule has 0 radical (unpaired) electrons. The normalized spacial score (nSPS) is 11.8. The third kappa shape index (κ3) is 7.00. The second-order valence-corrected chi connectivity index (χ2v) is 6.37. The first-order chi connectivity index (χ1) is 12.2. The fraction of sp³-hybridized carbons (Fsp3) is 0.409. The molecule has 0 amide bonds. The summed E-state index contributed by atoms with van der Waals surface area (Å²) in [6, 6.07) is 17.3. The van der Waals surface area contributed by atoms with Gasteiger partial charge >= 0.3 is 5.97 Å². The van der Waals surface area contributed by atoms with Gasteiger partial charge in [-0.15, -0.1) is 0 Å². The lowest BCUT2D eigenvalue weighted by Gasteiger charge is -2.11. The molecule has 0 saturated heterocycles. The molecule has 2 rings (SSSR count). The van der Waals surface area contributed by atoms with Crippen LogP contribution < -0.4 is 9.47 Å². The minimum Gasteiger partial charge on any atom is -0.494 e. The Kier molecular flexibility index (Phi) is 8.03. The van der Waals surface area contributed by atoms with Crippen LogP contribution in [0.3, 0.4) is 0 Å². The Hall–Kier alpha value is -2.29. The number of unbranched alkanes of at least 4 members (excludes halogenated alkanes) is 3. The molecular weight excluding hydrogens is 312 g/mol. The summed E-state index contributed by atoms with van der Waals surface area (Å²) in [5.74, 6) is 1.29. The van der Waals surface area contributed by atoms with E-state index in [4.69, 9.17) is 9.47 Å². The summed E-state index contributed by atoms with van der Waals surface area (Å²) in [6.45, 7) is 4.96. The lowest BCUT2D eigenvalue weighted by molar-refractivity contribution is -0.134. The summed E-state index contributed by atoms with van der Waals surface area (Å²) in [4.78, 5) is 12.1. The first kappa shape index (κ1) is 19.0. The van der Waals surface area contributed by atoms with Crippen LogP contribution in [0.1, 0.15) is 57.4 Å². The number of benzene rings is 2. The molecular formula is C22H28O3. The van der Waals surface area contributed by atoms with E-state index in [1.807, 2.05) is 49.4 Å². The van der Waals surface area contributed by atoms with E-state index in [0.717, 1.165) is 24.3 Å². The maximum atomic E-state index is 12.1. The quantitative estimate of drug-likeness (QED) is 0.314. The number of carbonyl (C=O) groups is 1. The van der Waals surface area contributed by atoms with Gasteiger partial charge in [0.15, 0.2) is 0 Å². The van der Waals surface area contributed by atoms with Crippen LogP contribution in [-0.2, 0) is 4.79 Å². The zero-order chi connectivity index (χ0) is 17.9. The molecule has 0 bridgehead atoms. The first-order valence-electron chi connectivity index (χ1n) is 9.17. The van der Waals surface area contributed by atoms with Crippen molar-refractivity contribution in [2.24, 2.45) is 0 Å². The molecule has 2 aromatic rings. The van der Waals surface area contributed by atoms with E-state index in [2.05, 4.69) is 6.92 Å². The van der Waals surface area contributed by atoms with Gasteiger partial charge < -0.3 is 9.47 Å². The number of carbonyl (C=O) groups excluding carboxylic acids is 1. The molecule has 0 heterocycles. The van der Waals surface area contributed by atoms with E-state index in [9.17, 15) is 4.79 Å². The minimum atomic E-state index is -0.218. The van der Waals surface area contributed by atoms with Crippen molar-refractivity contribution in [3.63, 3.8) is 0 Å². The highest BCUT2D eigenvalue weighted by Crippen LogP contribution is 2.22. The summed E-state index contributed by atoms with van der Waals surface area (Å²) in [5.41, 5.74) is 1.14. The molecule has 2 aromatic carbocycles. The fourth-order valence-corrected chi connectivity index (χ4v) is 2.65. The van der Waals surface area contributed by atoms with Crippen molar-refractivity contribution in [3.05, 3.63) is 60.2 Å². The molecule has 0 aromatic heterocycles. The van der Waals surface area contributed by atoms with Crippen molar-refractivity contribution in [1.82, 2.24) is 0 Å². The summed E-state index contributed by atoms with van der Waals surface area (Å²) in [5, 5.41) is 0. The molecule has 0 saturated carbocycles. The zero-order valence-electron chi connectivity index (χ0n) is 15.2. The highest BCUT2D eigenvalue weighted by Gasteiger charge is 2.13. The van der Waals surface area contributed by atoms with Gasteiger partial charge in [0.05, 0.1) is 13.0 Å². The first-order valence-corrected chi connectivity index (χ1v) is 9.17. The molecule has 0 N–H and O–H groups in total. The minimum absolute atomic E-state index is 0.138. The van der Waals surface area contributed by atoms with E-state index in [1.54, 1.807) is 12.1 Å². The topological polar surface area (TPSA) is 35.5 Å². The molecule has 0 aliphatic rings. The van der Waals surface area contributed by atoms with Crippen molar-refractivity contribution in [2.45, 2.75) is 51.9 Å². The van der Waals surface area contributed by atoms with Crippen molar-refractivity contribution < 1.29 is 14.3 Å². The van der Waals surface area contributed by atoms with E-state index in [-0.39, 0.29) is 11.9 Å². The molecule has 25 heavy (non-hydrogen) atoms. The standard InChI is InChI=1S/C22H28O3/c1-3-4-5-9-16-24-20-12-14-21(15-13-20)25-22(23)17-18(2)19-10-7-6-8-11-19/h6-8,10-15,18H,3-5,9,16-17H2,1-2H3/t18-/m0/s1. The number of rotatable bonds is 10. The van der Waals surface area contributed by atoms with Crippen LogP contribution in [0.5, 0.6) is 11.5 Å². The van der Waals surface area contributed by atoms with Gasteiger partial charge in [0.25, 0.3) is 0 Å². The lowest BCUT2D eigenvalue weighted by Crippen LogP contribution is -2.11. The Morgan fingerprint density at radius 3 is 2.28 bits per heavy atom. The number of hydrogen-bond acceptors (Lipinski definition) is 3. The van der Waals surface area contributed by atoms with Crippen molar-refractivity contribution in [2.75, 3.05) is 6.61 Å². The Morgan fingerprint density at radius 2 is 1.60 bits per heavy atom. The van der Waals surface area contributed by atoms with E-state index < -0.39 is 0 Å². The van der Waals surface area contributed by atoms with Crippen molar-refractivity contribution >= 4 is 5.97 Å². The fourth-order valence-electron chi connectivity index (χ4n) is 2.65. The molecule has 134 valence electrons. The van der Waals surface area contributed by atoms with Gasteiger partial charge in [-0.05, 0) is 42.2 Å². The highest BCUT2D eigenvalue weighted by molar-refractivity contribution is 5.73. The number of esters is 1. The Labute approximate surface area is 151 Å². The Bertz CT molecular complexity index is 619. The molecule has 0 spiro atoms. The molecule has 0 fully saturated rings. The van der Waals surface area contributed by atoms with Crippen LogP contribution in [0, 0.1) is 0 Å². The van der Waals surface area contributed by atoms with Crippen molar-refractivity contribution in [3.8, 4) is 11.5 Å². The van der Waals surface area contributed by atoms with Gasteiger partial charge in [-0.2, -0.15) is 0 Å². The van der Waals surface area contributed by atoms with E-state index in [0.29, 0.717) is 12.2 Å². The van der Waals surface area contributed by atoms with E-state index >= 15 is 0 Å². The predicted molar refractivity (Wildman–Crippen MR) is 101 cm³/mol. The summed E-state index contributed by atoms with van der Waals surface area (Å²) < 4.78 is 11.1. The molecule has 0 unspecified atom stereocenters. The highest BCUT2D eigenvalue weighted by atomic mass is 16.5. The van der Waals surface area contributed by atoms with Crippen LogP contribution in [0.15, 0.2) is 54.6 Å². The third-order valence-corrected chi connectivity index (χ3v) is 4.16. The van der Waals surface area contributed by atoms with Crippen LogP contribution >= 0.6 is 0 Å². The summed E-state index contributed by atoms with van der Waals surface area (Å²) in [6.07, 6.45) is 5.11. The third-order valence-electron chi connectivity index (χ3n) is 4.16. The molecule has 3 nitrogen and oxygen atoms in total. The molecule has 0 aliphatic heterocycles. The summed E-state index contributed by atoms with van der Waals surface area (Å²) >= 11 is 0. The van der Waals surface area contributed by atoms with Gasteiger partial charge in [0, 0.05) is 0 Å². The van der Waals surface area contributed by atoms with Gasteiger partial charge in [0.1, 0.15) is 11.5 Å². The summed E-state index contributed by atoms with van der Waals surface area (Å²) in [7, 11) is 0. The second-order valence-electron chi connectivity index (χ2n) is 6.37. The van der Waals surface area contributed by atoms with Crippen LogP contribution in [0.2, 0.25) is 0 Å². The molecule has 1 atom stereocenters. The predicted octanol–water partition coefficient (Wildman–Crippen LogP) is 5.74. The largest absolute Gasteiger partial charge is 0.494 e. The van der Waals surface area contributed by atoms with Gasteiger partial charge in [0.2, 0.25) is 0 Å². The number of hydrogen-bond donors (Lipinski definition) is 0. The van der Waals surface area contributed by atoms with E-state index in [1.165, 1.54) is 19.3 Å². The Balaban J connectivity index is 1.75. The SMILES string of the molecule is CCCCCCOc1ccc(OC(=O)C[C@H](C)c2ccccc2)cc1. The molecule has 0 aliphatic carbocycles. The monoisotopic (exact) mass is 340 g/mol. The van der Waals surface area contributed by atoms with Gasteiger partial charge in [-0.25, -0.2) is 0 Å². The Morgan fingerprint density at radius 1 is 0.920 bits per heavy atom. The number of ether oxygens (including phenoxy) is 2. The lowest BCUT2D eigenvalue weighted by atomic mass is 9.98. The van der Waals surface area contributed by atoms with Crippen molar-refractivity contribution in [1.29, 1.82) is 0 Å². The second kappa shape index (κ2) is 10.5.